The molecule has 0 saturated carbocycles. The number of methoxy groups -OCH3 is 1. The summed E-state index contributed by atoms with van der Waals surface area (Å²) >= 11 is 0. The first-order chi connectivity index (χ1) is 9.44. The molecule has 0 spiro atoms. The van der Waals surface area contributed by atoms with E-state index >= 15 is 0 Å². The second-order valence-corrected chi connectivity index (χ2v) is 5.02. The van der Waals surface area contributed by atoms with E-state index in [1.165, 1.54) is 7.11 Å². The Kier molecular flexibility index (Phi) is 5.98. The lowest BCUT2D eigenvalue weighted by atomic mass is 10.1. The molecule has 0 aliphatic rings. The van der Waals surface area contributed by atoms with Gasteiger partial charge in [0.2, 0.25) is 0 Å². The van der Waals surface area contributed by atoms with Gasteiger partial charge in [-0.1, -0.05) is 0 Å². The summed E-state index contributed by atoms with van der Waals surface area (Å²) in [6.07, 6.45) is 0. The standard InChI is InChI=1S/C15H24N2O3/c1-5-17(10-11-18)13-8-6-12(7-9-13)16-14(19)15(2,3)20-4/h6-9,18H,5,10-11H2,1-4H3,(H,16,19). The van der Waals surface area contributed by atoms with Crippen molar-refractivity contribution in [1.82, 2.24) is 0 Å². The highest BCUT2D eigenvalue weighted by atomic mass is 16.5. The van der Waals surface area contributed by atoms with Crippen molar-refractivity contribution in [1.29, 1.82) is 0 Å². The van der Waals surface area contributed by atoms with Gasteiger partial charge in [-0.2, -0.15) is 0 Å². The van der Waals surface area contributed by atoms with E-state index in [9.17, 15) is 4.79 Å². The van der Waals surface area contributed by atoms with Crippen molar-refractivity contribution in [2.45, 2.75) is 26.4 Å². The van der Waals surface area contributed by atoms with Crippen LogP contribution in [0.5, 0.6) is 0 Å². The molecule has 0 radical (unpaired) electrons. The molecule has 1 aromatic rings. The lowest BCUT2D eigenvalue weighted by molar-refractivity contribution is -0.133. The van der Waals surface area contributed by atoms with Gasteiger partial charge in [0.05, 0.1) is 6.61 Å². The molecule has 20 heavy (non-hydrogen) atoms. The predicted octanol–water partition coefficient (Wildman–Crippen LogP) is 1.87. The molecule has 2 N–H and O–H groups in total. The summed E-state index contributed by atoms with van der Waals surface area (Å²) < 4.78 is 5.13. The van der Waals surface area contributed by atoms with Crippen LogP contribution in [0.25, 0.3) is 0 Å². The van der Waals surface area contributed by atoms with Gasteiger partial charge in [0, 0.05) is 31.6 Å². The fraction of sp³-hybridized carbons (Fsp3) is 0.533. The number of carbonyl (C=O) groups excluding carboxylic acids is 1. The zero-order valence-corrected chi connectivity index (χ0v) is 12.6. The minimum atomic E-state index is -0.856. The normalized spacial score (nSPS) is 11.2. The van der Waals surface area contributed by atoms with Gasteiger partial charge in [0.25, 0.3) is 5.91 Å². The number of hydrogen-bond acceptors (Lipinski definition) is 4. The van der Waals surface area contributed by atoms with E-state index in [4.69, 9.17) is 9.84 Å². The Bertz CT molecular complexity index is 429. The first kappa shape index (κ1) is 16.5. The number of rotatable bonds is 7. The van der Waals surface area contributed by atoms with Gasteiger partial charge in [0.15, 0.2) is 0 Å². The third-order valence-electron chi connectivity index (χ3n) is 3.30. The summed E-state index contributed by atoms with van der Waals surface area (Å²) in [5, 5.41) is 11.8. The molecule has 0 fully saturated rings. The van der Waals surface area contributed by atoms with Crippen LogP contribution in [0.15, 0.2) is 24.3 Å². The van der Waals surface area contributed by atoms with Crippen molar-refractivity contribution in [3.8, 4) is 0 Å². The number of ether oxygens (including phenoxy) is 1. The van der Waals surface area contributed by atoms with Crippen LogP contribution in [0.1, 0.15) is 20.8 Å². The lowest BCUT2D eigenvalue weighted by Crippen LogP contribution is -2.38. The second-order valence-electron chi connectivity index (χ2n) is 5.02. The highest BCUT2D eigenvalue weighted by Crippen LogP contribution is 2.19. The number of carbonyl (C=O) groups is 1. The van der Waals surface area contributed by atoms with E-state index < -0.39 is 5.60 Å². The third-order valence-corrected chi connectivity index (χ3v) is 3.30. The lowest BCUT2D eigenvalue weighted by Gasteiger charge is -2.23. The molecule has 112 valence electrons. The smallest absolute Gasteiger partial charge is 0.256 e. The van der Waals surface area contributed by atoms with Gasteiger partial charge >= 0.3 is 0 Å². The first-order valence-electron chi connectivity index (χ1n) is 6.77. The summed E-state index contributed by atoms with van der Waals surface area (Å²) in [4.78, 5) is 14.0. The number of aliphatic hydroxyl groups is 1. The zero-order valence-electron chi connectivity index (χ0n) is 12.6. The minimum Gasteiger partial charge on any atom is -0.395 e. The fourth-order valence-electron chi connectivity index (χ4n) is 1.72. The highest BCUT2D eigenvalue weighted by molar-refractivity contribution is 5.96. The van der Waals surface area contributed by atoms with Gasteiger partial charge in [0.1, 0.15) is 5.60 Å². The molecule has 0 unspecified atom stereocenters. The molecule has 0 heterocycles. The second kappa shape index (κ2) is 7.26. The van der Waals surface area contributed by atoms with Crippen LogP contribution < -0.4 is 10.2 Å². The van der Waals surface area contributed by atoms with Gasteiger partial charge < -0.3 is 20.1 Å². The van der Waals surface area contributed by atoms with Crippen LogP contribution >= 0.6 is 0 Å². The zero-order chi connectivity index (χ0) is 15.2. The number of anilines is 2. The van der Waals surface area contributed by atoms with Gasteiger partial charge in [-0.15, -0.1) is 0 Å². The molecule has 5 heteroatoms. The Balaban J connectivity index is 2.74. The summed E-state index contributed by atoms with van der Waals surface area (Å²) in [6, 6.07) is 7.54. The van der Waals surface area contributed by atoms with Crippen LogP contribution in [0.4, 0.5) is 11.4 Å². The topological polar surface area (TPSA) is 61.8 Å². The van der Waals surface area contributed by atoms with E-state index in [1.54, 1.807) is 13.8 Å². The van der Waals surface area contributed by atoms with Crippen molar-refractivity contribution >= 4 is 17.3 Å². The van der Waals surface area contributed by atoms with Crippen molar-refractivity contribution in [3.63, 3.8) is 0 Å². The Morgan fingerprint density at radius 1 is 1.35 bits per heavy atom. The van der Waals surface area contributed by atoms with E-state index in [0.29, 0.717) is 6.54 Å². The number of amides is 1. The molecule has 1 amide bonds. The van der Waals surface area contributed by atoms with Gasteiger partial charge in [-0.3, -0.25) is 4.79 Å². The largest absolute Gasteiger partial charge is 0.395 e. The number of nitrogens with zero attached hydrogens (tertiary/aromatic N) is 1. The van der Waals surface area contributed by atoms with Crippen molar-refractivity contribution in [2.75, 3.05) is 37.0 Å². The molecule has 0 aromatic heterocycles. The summed E-state index contributed by atoms with van der Waals surface area (Å²) in [7, 11) is 1.51. The molecule has 0 aliphatic carbocycles. The number of nitrogens with one attached hydrogen (secondary N) is 1. The molecule has 1 aromatic carbocycles. The maximum atomic E-state index is 12.0. The van der Waals surface area contributed by atoms with Crippen LogP contribution in [0, 0.1) is 0 Å². The maximum Gasteiger partial charge on any atom is 0.256 e. The fourth-order valence-corrected chi connectivity index (χ4v) is 1.72. The van der Waals surface area contributed by atoms with Crippen molar-refractivity contribution in [3.05, 3.63) is 24.3 Å². The minimum absolute atomic E-state index is 0.119. The molecule has 1 rings (SSSR count). The molecule has 0 bridgehead atoms. The Morgan fingerprint density at radius 2 is 1.95 bits per heavy atom. The predicted molar refractivity (Wildman–Crippen MR) is 81.1 cm³/mol. The monoisotopic (exact) mass is 280 g/mol. The quantitative estimate of drug-likeness (QED) is 0.800. The van der Waals surface area contributed by atoms with E-state index in [2.05, 4.69) is 10.2 Å². The molecular formula is C15H24N2O3. The summed E-state index contributed by atoms with van der Waals surface area (Å²) in [5.74, 6) is -0.185. The van der Waals surface area contributed by atoms with E-state index in [1.807, 2.05) is 31.2 Å². The number of likely N-dealkylation sites (N-methyl/N-ethyl adjacent to an activating group) is 1. The van der Waals surface area contributed by atoms with Crippen LogP contribution in [-0.2, 0) is 9.53 Å². The van der Waals surface area contributed by atoms with Gasteiger partial charge in [-0.05, 0) is 45.0 Å². The summed E-state index contributed by atoms with van der Waals surface area (Å²) in [6.45, 7) is 7.01. The van der Waals surface area contributed by atoms with Crippen molar-refractivity contribution in [2.24, 2.45) is 0 Å². The number of aliphatic hydroxyl groups excluding tert-OH is 1. The maximum absolute atomic E-state index is 12.0. The van der Waals surface area contributed by atoms with E-state index in [0.717, 1.165) is 17.9 Å². The third kappa shape index (κ3) is 4.21. The molecule has 0 aliphatic heterocycles. The molecular weight excluding hydrogens is 256 g/mol. The Hall–Kier alpha value is -1.59. The van der Waals surface area contributed by atoms with Crippen LogP contribution in [0.3, 0.4) is 0 Å². The number of hydrogen-bond donors (Lipinski definition) is 2. The molecule has 5 nitrogen and oxygen atoms in total. The SMILES string of the molecule is CCN(CCO)c1ccc(NC(=O)C(C)(C)OC)cc1. The van der Waals surface area contributed by atoms with E-state index in [-0.39, 0.29) is 12.5 Å². The van der Waals surface area contributed by atoms with Crippen LogP contribution in [0.2, 0.25) is 0 Å². The molecule has 0 saturated heterocycles. The number of benzene rings is 1. The highest BCUT2D eigenvalue weighted by Gasteiger charge is 2.26. The van der Waals surface area contributed by atoms with Gasteiger partial charge in [-0.25, -0.2) is 0 Å². The summed E-state index contributed by atoms with van der Waals surface area (Å²) in [5.41, 5.74) is 0.889. The average Bonchev–Trinajstić information content (AvgIpc) is 2.45. The molecule has 0 atom stereocenters. The van der Waals surface area contributed by atoms with Crippen molar-refractivity contribution < 1.29 is 14.6 Å². The first-order valence-corrected chi connectivity index (χ1v) is 6.77. The van der Waals surface area contributed by atoms with Crippen LogP contribution in [-0.4, -0.2) is 43.4 Å². The Morgan fingerprint density at radius 3 is 2.40 bits per heavy atom. The Labute approximate surface area is 120 Å². The average molecular weight is 280 g/mol.